The highest BCUT2D eigenvalue weighted by molar-refractivity contribution is 9.10. The van der Waals surface area contributed by atoms with Gasteiger partial charge in [0.15, 0.2) is 0 Å². The Bertz CT molecular complexity index is 627. The highest BCUT2D eigenvalue weighted by Crippen LogP contribution is 2.26. The minimum Gasteiger partial charge on any atom is -0.263 e. The van der Waals surface area contributed by atoms with Crippen LogP contribution in [0.5, 0.6) is 0 Å². The molecule has 1 aromatic carbocycles. The molecule has 0 atom stereocenters. The second-order valence-corrected chi connectivity index (χ2v) is 5.17. The molecule has 0 saturated heterocycles. The summed E-state index contributed by atoms with van der Waals surface area (Å²) < 4.78 is 35.3. The minimum absolute atomic E-state index is 0.321. The molecule has 0 aliphatic heterocycles. The molecule has 3 nitrogen and oxygen atoms in total. The van der Waals surface area contributed by atoms with Gasteiger partial charge in [-0.2, -0.15) is 8.42 Å². The van der Waals surface area contributed by atoms with Crippen LogP contribution in [0.2, 0.25) is 0 Å². The first kappa shape index (κ1) is 10.5. The normalized spacial score (nSPS) is 11.9. The summed E-state index contributed by atoms with van der Waals surface area (Å²) in [7, 11) is -4.73. The van der Waals surface area contributed by atoms with Gasteiger partial charge in [0.05, 0.1) is 0 Å². The first-order chi connectivity index (χ1) is 6.98. The molecule has 0 bridgehead atoms. The second kappa shape index (κ2) is 3.53. The highest BCUT2D eigenvalue weighted by Gasteiger charge is 2.16. The first-order valence-corrected chi connectivity index (χ1v) is 6.14. The molecule has 0 N–H and O–H groups in total. The Labute approximate surface area is 94.3 Å². The summed E-state index contributed by atoms with van der Waals surface area (Å²) >= 11 is 3.20. The van der Waals surface area contributed by atoms with Crippen molar-refractivity contribution < 1.29 is 12.3 Å². The molecule has 1 aromatic heterocycles. The second-order valence-electron chi connectivity index (χ2n) is 2.94. The van der Waals surface area contributed by atoms with Gasteiger partial charge in [-0.1, -0.05) is 22.0 Å². The van der Waals surface area contributed by atoms with Gasteiger partial charge in [0.2, 0.25) is 0 Å². The van der Waals surface area contributed by atoms with Crippen molar-refractivity contribution in [3.8, 4) is 0 Å². The van der Waals surface area contributed by atoms with Crippen molar-refractivity contribution in [2.45, 2.75) is 4.90 Å². The van der Waals surface area contributed by atoms with Crippen molar-refractivity contribution in [3.63, 3.8) is 0 Å². The van der Waals surface area contributed by atoms with Gasteiger partial charge in [0.1, 0.15) is 4.90 Å². The number of fused-ring (bicyclic) bond motifs is 1. The van der Waals surface area contributed by atoms with Crippen LogP contribution in [0, 0.1) is 0 Å². The Morgan fingerprint density at radius 3 is 2.67 bits per heavy atom. The molecular formula is C9H5BrFNO2S. The van der Waals surface area contributed by atoms with E-state index in [1.807, 2.05) is 0 Å². The summed E-state index contributed by atoms with van der Waals surface area (Å²) in [6, 6.07) is 4.95. The number of aromatic nitrogens is 1. The average molecular weight is 290 g/mol. The molecule has 0 aliphatic carbocycles. The van der Waals surface area contributed by atoms with Crippen molar-refractivity contribution in [2.75, 3.05) is 0 Å². The van der Waals surface area contributed by atoms with Crippen LogP contribution in [-0.2, 0) is 10.2 Å². The average Bonchev–Trinajstić information content (AvgIpc) is 2.15. The van der Waals surface area contributed by atoms with Gasteiger partial charge >= 0.3 is 10.2 Å². The Hall–Kier alpha value is -1.01. The minimum atomic E-state index is -4.73. The van der Waals surface area contributed by atoms with E-state index in [0.717, 1.165) is 6.20 Å². The summed E-state index contributed by atoms with van der Waals surface area (Å²) in [6.07, 6.45) is 2.49. The van der Waals surface area contributed by atoms with Gasteiger partial charge in [-0.15, -0.1) is 3.89 Å². The van der Waals surface area contributed by atoms with Crippen LogP contribution < -0.4 is 0 Å². The third kappa shape index (κ3) is 2.00. The van der Waals surface area contributed by atoms with Crippen LogP contribution in [0.1, 0.15) is 0 Å². The molecular weight excluding hydrogens is 285 g/mol. The number of rotatable bonds is 1. The van der Waals surface area contributed by atoms with E-state index in [2.05, 4.69) is 20.9 Å². The molecule has 6 heteroatoms. The van der Waals surface area contributed by atoms with E-state index in [4.69, 9.17) is 0 Å². The van der Waals surface area contributed by atoms with E-state index in [1.165, 1.54) is 6.20 Å². The summed E-state index contributed by atoms with van der Waals surface area (Å²) in [5.41, 5.74) is 0. The molecule has 0 spiro atoms. The lowest BCUT2D eigenvalue weighted by Crippen LogP contribution is -1.94. The monoisotopic (exact) mass is 289 g/mol. The number of pyridine rings is 1. The Balaban J connectivity index is 2.92. The largest absolute Gasteiger partial charge is 0.334 e. The SMILES string of the molecule is O=S(=O)(F)c1cncc2ccc(Br)cc12. The van der Waals surface area contributed by atoms with Crippen molar-refractivity contribution in [1.29, 1.82) is 0 Å². The maximum absolute atomic E-state index is 12.9. The first-order valence-electron chi connectivity index (χ1n) is 3.96. The molecule has 15 heavy (non-hydrogen) atoms. The summed E-state index contributed by atoms with van der Waals surface area (Å²) in [4.78, 5) is 3.27. The summed E-state index contributed by atoms with van der Waals surface area (Å²) in [6.45, 7) is 0. The third-order valence-electron chi connectivity index (χ3n) is 1.95. The maximum Gasteiger partial charge on any atom is 0.334 e. The van der Waals surface area contributed by atoms with Crippen LogP contribution in [0.25, 0.3) is 10.8 Å². The van der Waals surface area contributed by atoms with Gasteiger partial charge < -0.3 is 0 Å². The van der Waals surface area contributed by atoms with E-state index in [0.29, 0.717) is 15.2 Å². The maximum atomic E-state index is 12.9. The van der Waals surface area contributed by atoms with Crippen LogP contribution in [0.3, 0.4) is 0 Å². The molecule has 2 rings (SSSR count). The molecule has 1 heterocycles. The highest BCUT2D eigenvalue weighted by atomic mass is 79.9. The molecule has 0 unspecified atom stereocenters. The fourth-order valence-electron chi connectivity index (χ4n) is 1.30. The van der Waals surface area contributed by atoms with Crippen LogP contribution >= 0.6 is 15.9 Å². The number of benzene rings is 1. The van der Waals surface area contributed by atoms with Crippen molar-refractivity contribution in [1.82, 2.24) is 4.98 Å². The zero-order chi connectivity index (χ0) is 11.1. The predicted molar refractivity (Wildman–Crippen MR) is 57.7 cm³/mol. The smallest absolute Gasteiger partial charge is 0.263 e. The molecule has 78 valence electrons. The van der Waals surface area contributed by atoms with Gasteiger partial charge in [0, 0.05) is 27.6 Å². The van der Waals surface area contributed by atoms with Gasteiger partial charge in [-0.25, -0.2) is 0 Å². The fraction of sp³-hybridized carbons (Fsp3) is 0. The quantitative estimate of drug-likeness (QED) is 0.759. The standard InChI is InChI=1S/C9H5BrFNO2S/c10-7-2-1-6-4-12-5-9(8(6)3-7)15(11,13)14/h1-5H. The van der Waals surface area contributed by atoms with Gasteiger partial charge in [-0.3, -0.25) is 4.98 Å². The van der Waals surface area contributed by atoms with E-state index in [9.17, 15) is 12.3 Å². The van der Waals surface area contributed by atoms with Crippen molar-refractivity contribution >= 4 is 36.9 Å². The Morgan fingerprint density at radius 1 is 1.27 bits per heavy atom. The number of hydrogen-bond acceptors (Lipinski definition) is 3. The molecule has 0 amide bonds. The number of halogens is 2. The lowest BCUT2D eigenvalue weighted by Gasteiger charge is -2.01. The fourth-order valence-corrected chi connectivity index (χ4v) is 2.29. The molecule has 0 aliphatic rings. The Kier molecular flexibility index (Phi) is 2.47. The molecule has 2 aromatic rings. The van der Waals surface area contributed by atoms with Crippen molar-refractivity contribution in [2.24, 2.45) is 0 Å². The number of hydrogen-bond donors (Lipinski definition) is 0. The van der Waals surface area contributed by atoms with E-state index < -0.39 is 15.1 Å². The zero-order valence-corrected chi connectivity index (χ0v) is 9.72. The molecule has 0 fully saturated rings. The Morgan fingerprint density at radius 2 is 2.00 bits per heavy atom. The zero-order valence-electron chi connectivity index (χ0n) is 7.31. The van der Waals surface area contributed by atoms with Crippen LogP contribution in [0.15, 0.2) is 40.0 Å². The van der Waals surface area contributed by atoms with Gasteiger partial charge in [-0.05, 0) is 12.1 Å². The van der Waals surface area contributed by atoms with E-state index >= 15 is 0 Å². The number of nitrogens with zero attached hydrogens (tertiary/aromatic N) is 1. The predicted octanol–water partition coefficient (Wildman–Crippen LogP) is 2.66. The van der Waals surface area contributed by atoms with Gasteiger partial charge in [0.25, 0.3) is 0 Å². The third-order valence-corrected chi connectivity index (χ3v) is 3.29. The topological polar surface area (TPSA) is 47.0 Å². The lowest BCUT2D eigenvalue weighted by molar-refractivity contribution is 0.552. The molecule has 0 radical (unpaired) electrons. The lowest BCUT2D eigenvalue weighted by atomic mass is 10.2. The van der Waals surface area contributed by atoms with Crippen LogP contribution in [-0.4, -0.2) is 13.4 Å². The van der Waals surface area contributed by atoms with Crippen LogP contribution in [0.4, 0.5) is 3.89 Å². The van der Waals surface area contributed by atoms with E-state index in [1.54, 1.807) is 18.2 Å². The summed E-state index contributed by atoms with van der Waals surface area (Å²) in [5, 5.41) is 0.902. The molecule has 0 saturated carbocycles. The van der Waals surface area contributed by atoms with Crippen molar-refractivity contribution in [3.05, 3.63) is 35.1 Å². The summed E-state index contributed by atoms with van der Waals surface area (Å²) in [5.74, 6) is 0. The van der Waals surface area contributed by atoms with E-state index in [-0.39, 0.29) is 0 Å².